The van der Waals surface area contributed by atoms with Crippen molar-refractivity contribution >= 4 is 21.6 Å². The zero-order valence-corrected chi connectivity index (χ0v) is 12.7. The number of rotatable bonds is 2. The van der Waals surface area contributed by atoms with Crippen LogP contribution in [0.1, 0.15) is 5.56 Å². The van der Waals surface area contributed by atoms with Gasteiger partial charge in [0.05, 0.1) is 5.69 Å². The van der Waals surface area contributed by atoms with Crippen molar-refractivity contribution in [3.05, 3.63) is 52.3 Å². The van der Waals surface area contributed by atoms with Gasteiger partial charge in [0.25, 0.3) is 0 Å². The van der Waals surface area contributed by atoms with Gasteiger partial charge in [-0.2, -0.15) is 4.68 Å². The Balaban J connectivity index is 2.16. The van der Waals surface area contributed by atoms with E-state index in [0.29, 0.717) is 17.1 Å². The Morgan fingerprint density at radius 2 is 1.95 bits per heavy atom. The second kappa shape index (κ2) is 5.25. The van der Waals surface area contributed by atoms with Crippen molar-refractivity contribution in [3.8, 4) is 17.1 Å². The number of halogens is 2. The van der Waals surface area contributed by atoms with Gasteiger partial charge in [-0.1, -0.05) is 15.9 Å². The maximum atomic E-state index is 13.5. The maximum Gasteiger partial charge on any atom is 0.187 e. The fourth-order valence-corrected chi connectivity index (χ4v) is 2.72. The smallest absolute Gasteiger partial charge is 0.187 e. The molecule has 106 valence electrons. The molecule has 0 spiro atoms. The average molecular weight is 348 g/mol. The molecular weight excluding hydrogens is 337 g/mol. The van der Waals surface area contributed by atoms with Crippen LogP contribution in [-0.2, 0) is 0 Å². The summed E-state index contributed by atoms with van der Waals surface area (Å²) >= 11 is 3.44. The van der Waals surface area contributed by atoms with E-state index in [1.165, 1.54) is 12.1 Å². The predicted octanol–water partition coefficient (Wildman–Crippen LogP) is 3.12. The molecule has 0 saturated heterocycles. The van der Waals surface area contributed by atoms with Crippen molar-refractivity contribution in [1.29, 1.82) is 0 Å². The van der Waals surface area contributed by atoms with Gasteiger partial charge in [-0.15, -0.1) is 5.10 Å². The van der Waals surface area contributed by atoms with Crippen LogP contribution in [0.2, 0.25) is 0 Å². The second-order valence-electron chi connectivity index (χ2n) is 4.67. The minimum absolute atomic E-state index is 0.324. The van der Waals surface area contributed by atoms with Gasteiger partial charge < -0.3 is 5.73 Å². The van der Waals surface area contributed by atoms with Gasteiger partial charge in [0.2, 0.25) is 0 Å². The summed E-state index contributed by atoms with van der Waals surface area (Å²) in [6.45, 7) is 1.97. The van der Waals surface area contributed by atoms with E-state index in [1.54, 1.807) is 10.7 Å². The first-order chi connectivity index (χ1) is 10.0. The minimum atomic E-state index is -0.426. The number of nitrogens with zero attached hydrogens (tertiary/aromatic N) is 4. The highest BCUT2D eigenvalue weighted by Gasteiger charge is 2.13. The summed E-state index contributed by atoms with van der Waals surface area (Å²) in [7, 11) is 0. The van der Waals surface area contributed by atoms with Gasteiger partial charge in [0, 0.05) is 15.7 Å². The molecule has 0 aliphatic carbocycles. The Labute approximate surface area is 128 Å². The van der Waals surface area contributed by atoms with Crippen molar-refractivity contribution in [2.45, 2.75) is 6.92 Å². The van der Waals surface area contributed by atoms with Crippen molar-refractivity contribution in [1.82, 2.24) is 20.2 Å². The molecule has 21 heavy (non-hydrogen) atoms. The SMILES string of the molecule is Cc1cc(Br)cc(-n2nnnc2-c2cc(N)cc(F)c2)c1. The van der Waals surface area contributed by atoms with E-state index < -0.39 is 5.82 Å². The Bertz CT molecular complexity index is 708. The van der Waals surface area contributed by atoms with Crippen molar-refractivity contribution in [3.63, 3.8) is 0 Å². The van der Waals surface area contributed by atoms with Gasteiger partial charge in [0.15, 0.2) is 5.82 Å². The molecule has 5 nitrogen and oxygen atoms in total. The molecule has 1 heterocycles. The average Bonchev–Trinajstić information content (AvgIpc) is 2.85. The van der Waals surface area contributed by atoms with E-state index in [2.05, 4.69) is 31.5 Å². The van der Waals surface area contributed by atoms with Gasteiger partial charge >= 0.3 is 0 Å². The van der Waals surface area contributed by atoms with Gasteiger partial charge in [-0.05, 0) is 59.3 Å². The van der Waals surface area contributed by atoms with Crippen molar-refractivity contribution in [2.75, 3.05) is 5.73 Å². The van der Waals surface area contributed by atoms with E-state index in [9.17, 15) is 4.39 Å². The molecule has 0 unspecified atom stereocenters. The van der Waals surface area contributed by atoms with Crippen molar-refractivity contribution in [2.24, 2.45) is 0 Å². The van der Waals surface area contributed by atoms with E-state index in [0.717, 1.165) is 15.7 Å². The summed E-state index contributed by atoms with van der Waals surface area (Å²) in [6, 6.07) is 10.0. The number of tetrazole rings is 1. The maximum absolute atomic E-state index is 13.5. The van der Waals surface area contributed by atoms with Crippen LogP contribution in [0.25, 0.3) is 17.1 Å². The monoisotopic (exact) mass is 347 g/mol. The largest absolute Gasteiger partial charge is 0.399 e. The first-order valence-electron chi connectivity index (χ1n) is 6.15. The molecular formula is C14H11BrFN5. The summed E-state index contributed by atoms with van der Waals surface area (Å²) in [5.41, 5.74) is 8.36. The second-order valence-corrected chi connectivity index (χ2v) is 5.59. The lowest BCUT2D eigenvalue weighted by Gasteiger charge is -2.07. The van der Waals surface area contributed by atoms with E-state index in [-0.39, 0.29) is 0 Å². The number of aromatic nitrogens is 4. The van der Waals surface area contributed by atoms with Crippen molar-refractivity contribution < 1.29 is 4.39 Å². The highest BCUT2D eigenvalue weighted by molar-refractivity contribution is 9.10. The molecule has 0 radical (unpaired) electrons. The van der Waals surface area contributed by atoms with Crippen LogP contribution in [0.5, 0.6) is 0 Å². The van der Waals surface area contributed by atoms with Crippen LogP contribution >= 0.6 is 15.9 Å². The van der Waals surface area contributed by atoms with Crippen LogP contribution in [-0.4, -0.2) is 20.2 Å². The van der Waals surface area contributed by atoms with Gasteiger partial charge in [-0.3, -0.25) is 0 Å². The number of aryl methyl sites for hydroxylation is 1. The lowest BCUT2D eigenvalue weighted by Crippen LogP contribution is -2.01. The first kappa shape index (κ1) is 13.7. The minimum Gasteiger partial charge on any atom is -0.399 e. The van der Waals surface area contributed by atoms with Crippen LogP contribution in [0.3, 0.4) is 0 Å². The van der Waals surface area contributed by atoms with Crippen LogP contribution in [0.15, 0.2) is 40.9 Å². The Kier molecular flexibility index (Phi) is 3.42. The van der Waals surface area contributed by atoms with E-state index in [1.807, 2.05) is 25.1 Å². The van der Waals surface area contributed by atoms with Crippen LogP contribution in [0.4, 0.5) is 10.1 Å². The number of hydrogen-bond acceptors (Lipinski definition) is 4. The topological polar surface area (TPSA) is 69.6 Å². The number of benzene rings is 2. The molecule has 2 aromatic carbocycles. The Hall–Kier alpha value is -2.28. The lowest BCUT2D eigenvalue weighted by atomic mass is 10.1. The molecule has 0 aliphatic rings. The zero-order chi connectivity index (χ0) is 15.0. The molecule has 7 heteroatoms. The summed E-state index contributed by atoms with van der Waals surface area (Å²) in [5, 5.41) is 11.6. The molecule has 0 saturated carbocycles. The highest BCUT2D eigenvalue weighted by atomic mass is 79.9. The first-order valence-corrected chi connectivity index (χ1v) is 6.94. The fraction of sp³-hybridized carbons (Fsp3) is 0.0714. The Morgan fingerprint density at radius 1 is 1.14 bits per heavy atom. The molecule has 0 atom stereocenters. The molecule has 3 aromatic rings. The number of nitrogens with two attached hydrogens (primary N) is 1. The number of nitrogen functional groups attached to an aromatic ring is 1. The molecule has 1 aromatic heterocycles. The molecule has 3 rings (SSSR count). The standard InChI is InChI=1S/C14H11BrFN5/c1-8-2-10(15)6-13(3-8)21-14(18-19-20-21)9-4-11(16)7-12(17)5-9/h2-7H,17H2,1H3. The third-order valence-electron chi connectivity index (χ3n) is 2.92. The Morgan fingerprint density at radius 3 is 2.67 bits per heavy atom. The summed E-state index contributed by atoms with van der Waals surface area (Å²) in [5.74, 6) is 0.00340. The molecule has 0 fully saturated rings. The summed E-state index contributed by atoms with van der Waals surface area (Å²) < 4.78 is 16.0. The van der Waals surface area contributed by atoms with Gasteiger partial charge in [0.1, 0.15) is 5.82 Å². The quantitative estimate of drug-likeness (QED) is 0.723. The third-order valence-corrected chi connectivity index (χ3v) is 3.38. The molecule has 0 amide bonds. The summed E-state index contributed by atoms with van der Waals surface area (Å²) in [6.07, 6.45) is 0. The third kappa shape index (κ3) is 2.78. The lowest BCUT2D eigenvalue weighted by molar-refractivity contribution is 0.628. The van der Waals surface area contributed by atoms with Crippen LogP contribution < -0.4 is 5.73 Å². The molecule has 0 bridgehead atoms. The predicted molar refractivity (Wildman–Crippen MR) is 81.4 cm³/mol. The molecule has 2 N–H and O–H groups in total. The normalized spacial score (nSPS) is 10.8. The molecule has 0 aliphatic heterocycles. The fourth-order valence-electron chi connectivity index (χ4n) is 2.12. The van der Waals surface area contributed by atoms with E-state index >= 15 is 0 Å². The number of anilines is 1. The van der Waals surface area contributed by atoms with E-state index in [4.69, 9.17) is 5.73 Å². The van der Waals surface area contributed by atoms with Crippen LogP contribution in [0, 0.1) is 12.7 Å². The van der Waals surface area contributed by atoms with Gasteiger partial charge in [-0.25, -0.2) is 4.39 Å². The zero-order valence-electron chi connectivity index (χ0n) is 11.1. The highest BCUT2D eigenvalue weighted by Crippen LogP contribution is 2.25. The number of hydrogen-bond donors (Lipinski definition) is 1. The summed E-state index contributed by atoms with van der Waals surface area (Å²) in [4.78, 5) is 0.